The van der Waals surface area contributed by atoms with Gasteiger partial charge in [-0.1, -0.05) is 0 Å². The normalized spacial score (nSPS) is 11.0. The van der Waals surface area contributed by atoms with Crippen molar-refractivity contribution in [1.29, 1.82) is 0 Å². The molecule has 20 heavy (non-hydrogen) atoms. The van der Waals surface area contributed by atoms with Crippen LogP contribution < -0.4 is 4.74 Å². The molecule has 0 aliphatic carbocycles. The summed E-state index contributed by atoms with van der Waals surface area (Å²) in [6.45, 7) is 4.06. The summed E-state index contributed by atoms with van der Waals surface area (Å²) in [5, 5.41) is 0. The second-order valence-electron chi connectivity index (χ2n) is 4.86. The van der Waals surface area contributed by atoms with E-state index in [4.69, 9.17) is 4.74 Å². The van der Waals surface area contributed by atoms with E-state index in [0.717, 1.165) is 28.2 Å². The summed E-state index contributed by atoms with van der Waals surface area (Å²) in [6.07, 6.45) is 1.77. The van der Waals surface area contributed by atoms with Gasteiger partial charge >= 0.3 is 0 Å². The molecule has 0 amide bonds. The fourth-order valence-electron chi connectivity index (χ4n) is 2.51. The molecule has 0 spiro atoms. The van der Waals surface area contributed by atoms with Crippen molar-refractivity contribution in [3.8, 4) is 17.0 Å². The molecule has 2 heterocycles. The molecule has 0 saturated heterocycles. The number of ether oxygens (including phenoxy) is 1. The minimum atomic E-state index is -0.371. The lowest BCUT2D eigenvalue weighted by atomic mass is 10.1. The van der Waals surface area contributed by atoms with Crippen LogP contribution in [0.3, 0.4) is 0 Å². The number of halogens is 1. The number of imidazole rings is 1. The van der Waals surface area contributed by atoms with Gasteiger partial charge in [0.05, 0.1) is 19.0 Å². The molecule has 102 valence electrons. The highest BCUT2D eigenvalue weighted by Gasteiger charge is 2.11. The Morgan fingerprint density at radius 1 is 1.15 bits per heavy atom. The molecule has 0 aliphatic heterocycles. The fraction of sp³-hybridized carbons (Fsp3) is 0.188. The third-order valence-electron chi connectivity index (χ3n) is 3.38. The van der Waals surface area contributed by atoms with Gasteiger partial charge in [0.25, 0.3) is 0 Å². The lowest BCUT2D eigenvalue weighted by molar-refractivity contribution is 0.386. The van der Waals surface area contributed by atoms with Crippen LogP contribution in [0.2, 0.25) is 0 Å². The molecule has 4 heteroatoms. The summed E-state index contributed by atoms with van der Waals surface area (Å²) in [5.41, 5.74) is 4.76. The van der Waals surface area contributed by atoms with Crippen LogP contribution in [-0.2, 0) is 0 Å². The summed E-state index contributed by atoms with van der Waals surface area (Å²) in [4.78, 5) is 4.40. The van der Waals surface area contributed by atoms with Crippen LogP contribution in [0.5, 0.6) is 5.75 Å². The third-order valence-corrected chi connectivity index (χ3v) is 3.38. The molecule has 3 rings (SSSR count). The van der Waals surface area contributed by atoms with Crippen molar-refractivity contribution in [2.75, 3.05) is 7.11 Å². The number of fused-ring (bicyclic) bond motifs is 1. The van der Waals surface area contributed by atoms with Crippen molar-refractivity contribution >= 4 is 5.65 Å². The summed E-state index contributed by atoms with van der Waals surface area (Å²) < 4.78 is 20.8. The van der Waals surface area contributed by atoms with E-state index >= 15 is 0 Å². The summed E-state index contributed by atoms with van der Waals surface area (Å²) in [6, 6.07) is 9.04. The van der Waals surface area contributed by atoms with E-state index in [1.54, 1.807) is 12.3 Å². The van der Waals surface area contributed by atoms with Crippen molar-refractivity contribution in [3.63, 3.8) is 0 Å². The number of pyridine rings is 1. The first-order valence-electron chi connectivity index (χ1n) is 6.39. The second kappa shape index (κ2) is 4.63. The molecule has 0 radical (unpaired) electrons. The first-order chi connectivity index (χ1) is 9.60. The number of aromatic nitrogens is 2. The van der Waals surface area contributed by atoms with Gasteiger partial charge in [0.2, 0.25) is 0 Å². The number of hydrogen-bond acceptors (Lipinski definition) is 2. The van der Waals surface area contributed by atoms with Gasteiger partial charge in [0.1, 0.15) is 5.65 Å². The van der Waals surface area contributed by atoms with E-state index in [0.29, 0.717) is 0 Å². The highest BCUT2D eigenvalue weighted by atomic mass is 19.1. The van der Waals surface area contributed by atoms with E-state index in [9.17, 15) is 4.39 Å². The Hall–Kier alpha value is -2.36. The van der Waals surface area contributed by atoms with Crippen LogP contribution in [0.4, 0.5) is 4.39 Å². The van der Waals surface area contributed by atoms with Crippen LogP contribution in [0.15, 0.2) is 36.5 Å². The Morgan fingerprint density at radius 2 is 1.95 bits per heavy atom. The Balaban J connectivity index is 2.22. The highest BCUT2D eigenvalue weighted by molar-refractivity contribution is 5.65. The zero-order valence-electron chi connectivity index (χ0n) is 11.6. The zero-order valence-corrected chi connectivity index (χ0v) is 11.6. The van der Waals surface area contributed by atoms with Gasteiger partial charge in [-0.05, 0) is 49.7 Å². The second-order valence-corrected chi connectivity index (χ2v) is 4.86. The Labute approximate surface area is 116 Å². The van der Waals surface area contributed by atoms with E-state index in [1.807, 2.05) is 30.4 Å². The first kappa shape index (κ1) is 12.7. The lowest BCUT2D eigenvalue weighted by Gasteiger charge is -2.08. The number of hydrogen-bond donors (Lipinski definition) is 0. The third kappa shape index (κ3) is 1.93. The fourth-order valence-corrected chi connectivity index (χ4v) is 2.51. The highest BCUT2D eigenvalue weighted by Crippen LogP contribution is 2.27. The standard InChI is InChI=1S/C16H15FN2O/c1-10-6-11(2)19-14(9-18-16(19)7-10)12-4-5-15(20-3)13(17)8-12/h4-9H,1-3H3. The molecule has 0 bridgehead atoms. The molecular formula is C16H15FN2O. The molecule has 2 aromatic heterocycles. The Morgan fingerprint density at radius 3 is 2.65 bits per heavy atom. The minimum absolute atomic E-state index is 0.245. The smallest absolute Gasteiger partial charge is 0.165 e. The topological polar surface area (TPSA) is 26.5 Å². The Kier molecular flexibility index (Phi) is 2.93. The summed E-state index contributed by atoms with van der Waals surface area (Å²) in [5.74, 6) is -0.125. The average Bonchev–Trinajstić information content (AvgIpc) is 2.82. The van der Waals surface area contributed by atoms with Crippen molar-refractivity contribution in [3.05, 3.63) is 53.6 Å². The molecule has 3 aromatic rings. The molecule has 3 nitrogen and oxygen atoms in total. The van der Waals surface area contributed by atoms with Gasteiger partial charge in [-0.2, -0.15) is 0 Å². The van der Waals surface area contributed by atoms with Gasteiger partial charge in [-0.15, -0.1) is 0 Å². The largest absolute Gasteiger partial charge is 0.494 e. The van der Waals surface area contributed by atoms with Crippen molar-refractivity contribution in [1.82, 2.24) is 9.38 Å². The minimum Gasteiger partial charge on any atom is -0.494 e. The van der Waals surface area contributed by atoms with Crippen LogP contribution in [0.1, 0.15) is 11.3 Å². The van der Waals surface area contributed by atoms with E-state index in [1.165, 1.54) is 13.2 Å². The van der Waals surface area contributed by atoms with Crippen molar-refractivity contribution in [2.24, 2.45) is 0 Å². The monoisotopic (exact) mass is 270 g/mol. The zero-order chi connectivity index (χ0) is 14.3. The number of benzene rings is 1. The quantitative estimate of drug-likeness (QED) is 0.708. The Bertz CT molecular complexity index is 793. The number of nitrogens with zero attached hydrogens (tertiary/aromatic N) is 2. The van der Waals surface area contributed by atoms with Crippen LogP contribution in [-0.4, -0.2) is 16.5 Å². The SMILES string of the molecule is COc1ccc(-c2cnc3cc(C)cc(C)n23)cc1F. The predicted molar refractivity (Wildman–Crippen MR) is 76.6 cm³/mol. The molecule has 0 unspecified atom stereocenters. The van der Waals surface area contributed by atoms with E-state index < -0.39 is 0 Å². The van der Waals surface area contributed by atoms with Gasteiger partial charge in [-0.25, -0.2) is 9.37 Å². The number of methoxy groups -OCH3 is 1. The van der Waals surface area contributed by atoms with Crippen LogP contribution in [0.25, 0.3) is 16.9 Å². The number of aryl methyl sites for hydroxylation is 2. The summed E-state index contributed by atoms with van der Waals surface area (Å²) >= 11 is 0. The van der Waals surface area contributed by atoms with Crippen molar-refractivity contribution in [2.45, 2.75) is 13.8 Å². The molecule has 0 N–H and O–H groups in total. The molecule has 0 fully saturated rings. The van der Waals surface area contributed by atoms with Crippen LogP contribution >= 0.6 is 0 Å². The summed E-state index contributed by atoms with van der Waals surface area (Å²) in [7, 11) is 1.46. The van der Waals surface area contributed by atoms with Gasteiger partial charge in [0, 0.05) is 11.3 Å². The maximum atomic E-state index is 13.9. The predicted octanol–water partition coefficient (Wildman–Crippen LogP) is 3.77. The van der Waals surface area contributed by atoms with Gasteiger partial charge < -0.3 is 4.74 Å². The van der Waals surface area contributed by atoms with E-state index in [2.05, 4.69) is 11.1 Å². The maximum absolute atomic E-state index is 13.9. The van der Waals surface area contributed by atoms with Gasteiger partial charge in [-0.3, -0.25) is 4.40 Å². The molecule has 0 atom stereocenters. The van der Waals surface area contributed by atoms with E-state index in [-0.39, 0.29) is 11.6 Å². The average molecular weight is 270 g/mol. The molecule has 0 saturated carbocycles. The van der Waals surface area contributed by atoms with Crippen molar-refractivity contribution < 1.29 is 9.13 Å². The van der Waals surface area contributed by atoms with Crippen LogP contribution in [0, 0.1) is 19.7 Å². The number of rotatable bonds is 2. The molecular weight excluding hydrogens is 255 g/mol. The first-order valence-corrected chi connectivity index (χ1v) is 6.39. The maximum Gasteiger partial charge on any atom is 0.165 e. The molecule has 0 aliphatic rings. The van der Waals surface area contributed by atoms with Gasteiger partial charge in [0.15, 0.2) is 11.6 Å². The lowest BCUT2D eigenvalue weighted by Crippen LogP contribution is -1.95. The molecule has 1 aromatic carbocycles.